The van der Waals surface area contributed by atoms with Crippen LogP contribution in [0.1, 0.15) is 18.1 Å². The summed E-state index contributed by atoms with van der Waals surface area (Å²) in [5.41, 5.74) is 4.56. The minimum atomic E-state index is 0.690. The van der Waals surface area contributed by atoms with E-state index in [0.29, 0.717) is 5.75 Å². The lowest BCUT2D eigenvalue weighted by atomic mass is 10.1. The SMILES string of the molecule is CC#CCSc1nnc(-c2ccncc2)n1-c1ccc(C)c(C)c1. The van der Waals surface area contributed by atoms with E-state index in [1.165, 1.54) is 11.1 Å². The normalized spacial score (nSPS) is 10.3. The first-order chi connectivity index (χ1) is 11.7. The molecule has 0 amide bonds. The Balaban J connectivity index is 2.13. The predicted octanol–water partition coefficient (Wildman–Crippen LogP) is 4.06. The Morgan fingerprint density at radius 3 is 2.54 bits per heavy atom. The lowest BCUT2D eigenvalue weighted by Gasteiger charge is -2.11. The van der Waals surface area contributed by atoms with Crippen molar-refractivity contribution in [2.24, 2.45) is 0 Å². The molecular weight excluding hydrogens is 316 g/mol. The van der Waals surface area contributed by atoms with Crippen LogP contribution < -0.4 is 0 Å². The number of benzene rings is 1. The molecule has 0 fully saturated rings. The third-order valence-electron chi connectivity index (χ3n) is 3.77. The van der Waals surface area contributed by atoms with Crippen molar-refractivity contribution in [2.45, 2.75) is 25.9 Å². The maximum atomic E-state index is 4.41. The molecule has 0 N–H and O–H groups in total. The number of pyridine rings is 1. The quantitative estimate of drug-likeness (QED) is 0.533. The van der Waals surface area contributed by atoms with Gasteiger partial charge in [-0.3, -0.25) is 9.55 Å². The maximum absolute atomic E-state index is 4.41. The highest BCUT2D eigenvalue weighted by Gasteiger charge is 2.16. The van der Waals surface area contributed by atoms with Crippen molar-refractivity contribution in [2.75, 3.05) is 5.75 Å². The molecule has 0 spiro atoms. The van der Waals surface area contributed by atoms with Gasteiger partial charge in [0.1, 0.15) is 0 Å². The van der Waals surface area contributed by atoms with Crippen LogP contribution in [0.2, 0.25) is 0 Å². The van der Waals surface area contributed by atoms with Crippen molar-refractivity contribution in [3.05, 3.63) is 53.9 Å². The van der Waals surface area contributed by atoms with E-state index in [2.05, 4.69) is 63.6 Å². The van der Waals surface area contributed by atoms with Gasteiger partial charge in [0.25, 0.3) is 0 Å². The van der Waals surface area contributed by atoms with Gasteiger partial charge < -0.3 is 0 Å². The second-order valence-electron chi connectivity index (χ2n) is 5.36. The number of aryl methyl sites for hydroxylation is 2. The molecule has 3 rings (SSSR count). The number of thioether (sulfide) groups is 1. The maximum Gasteiger partial charge on any atom is 0.197 e. The summed E-state index contributed by atoms with van der Waals surface area (Å²) in [6.07, 6.45) is 3.54. The van der Waals surface area contributed by atoms with E-state index in [9.17, 15) is 0 Å². The van der Waals surface area contributed by atoms with E-state index < -0.39 is 0 Å². The minimum Gasteiger partial charge on any atom is -0.270 e. The van der Waals surface area contributed by atoms with E-state index in [-0.39, 0.29) is 0 Å². The van der Waals surface area contributed by atoms with Gasteiger partial charge in [0, 0.05) is 18.0 Å². The van der Waals surface area contributed by atoms with Crippen molar-refractivity contribution in [3.8, 4) is 28.9 Å². The van der Waals surface area contributed by atoms with E-state index in [1.54, 1.807) is 24.2 Å². The van der Waals surface area contributed by atoms with Crippen LogP contribution in [0, 0.1) is 25.7 Å². The van der Waals surface area contributed by atoms with Crippen molar-refractivity contribution in [1.29, 1.82) is 0 Å². The minimum absolute atomic E-state index is 0.690. The first-order valence-electron chi connectivity index (χ1n) is 7.66. The molecule has 0 bridgehead atoms. The Labute approximate surface area is 146 Å². The zero-order valence-electron chi connectivity index (χ0n) is 13.9. The molecule has 5 heteroatoms. The first-order valence-corrected chi connectivity index (χ1v) is 8.65. The summed E-state index contributed by atoms with van der Waals surface area (Å²) in [6, 6.07) is 10.3. The Kier molecular flexibility index (Phi) is 4.97. The molecule has 24 heavy (non-hydrogen) atoms. The van der Waals surface area contributed by atoms with Gasteiger partial charge in [0.05, 0.1) is 11.4 Å². The van der Waals surface area contributed by atoms with Crippen LogP contribution in [0.3, 0.4) is 0 Å². The molecule has 0 aliphatic carbocycles. The average molecular weight is 334 g/mol. The monoisotopic (exact) mass is 334 g/mol. The van der Waals surface area contributed by atoms with Crippen LogP contribution in [0.25, 0.3) is 17.1 Å². The summed E-state index contributed by atoms with van der Waals surface area (Å²) in [5, 5.41) is 9.63. The highest BCUT2D eigenvalue weighted by Crippen LogP contribution is 2.28. The van der Waals surface area contributed by atoms with Crippen LogP contribution in [0.15, 0.2) is 47.9 Å². The van der Waals surface area contributed by atoms with E-state index in [1.807, 2.05) is 19.1 Å². The van der Waals surface area contributed by atoms with E-state index in [4.69, 9.17) is 0 Å². The fourth-order valence-corrected chi connectivity index (χ4v) is 3.09. The highest BCUT2D eigenvalue weighted by atomic mass is 32.2. The van der Waals surface area contributed by atoms with Crippen LogP contribution in [0.4, 0.5) is 0 Å². The zero-order chi connectivity index (χ0) is 16.9. The predicted molar refractivity (Wildman–Crippen MR) is 98.2 cm³/mol. The Morgan fingerprint density at radius 1 is 1.04 bits per heavy atom. The van der Waals surface area contributed by atoms with E-state index >= 15 is 0 Å². The van der Waals surface area contributed by atoms with Crippen LogP contribution in [-0.4, -0.2) is 25.5 Å². The molecule has 0 unspecified atom stereocenters. The first kappa shape index (κ1) is 16.3. The molecule has 0 radical (unpaired) electrons. The summed E-state index contributed by atoms with van der Waals surface area (Å²) in [7, 11) is 0. The molecule has 4 nitrogen and oxygen atoms in total. The summed E-state index contributed by atoms with van der Waals surface area (Å²) in [4.78, 5) is 4.09. The van der Waals surface area contributed by atoms with Gasteiger partial charge in [0.2, 0.25) is 0 Å². The van der Waals surface area contributed by atoms with Crippen molar-refractivity contribution >= 4 is 11.8 Å². The van der Waals surface area contributed by atoms with Gasteiger partial charge in [-0.1, -0.05) is 23.7 Å². The standard InChI is InChI=1S/C19H18N4S/c1-4-5-12-24-19-22-21-18(16-8-10-20-11-9-16)23(19)17-7-6-14(2)15(3)13-17/h6-11,13H,12H2,1-3H3. The molecule has 120 valence electrons. The number of aromatic nitrogens is 4. The van der Waals surface area contributed by atoms with Crippen LogP contribution in [0.5, 0.6) is 0 Å². The number of hydrogen-bond donors (Lipinski definition) is 0. The van der Waals surface area contributed by atoms with Gasteiger partial charge >= 0.3 is 0 Å². The molecule has 3 aromatic rings. The van der Waals surface area contributed by atoms with Gasteiger partial charge in [-0.2, -0.15) is 0 Å². The average Bonchev–Trinajstić information content (AvgIpc) is 3.02. The van der Waals surface area contributed by atoms with Gasteiger partial charge in [-0.05, 0) is 56.2 Å². The highest BCUT2D eigenvalue weighted by molar-refractivity contribution is 7.99. The van der Waals surface area contributed by atoms with Gasteiger partial charge in [0.15, 0.2) is 11.0 Å². The summed E-state index contributed by atoms with van der Waals surface area (Å²) in [5.74, 6) is 7.49. The Morgan fingerprint density at radius 2 is 1.83 bits per heavy atom. The van der Waals surface area contributed by atoms with Crippen molar-refractivity contribution in [1.82, 2.24) is 19.7 Å². The second kappa shape index (κ2) is 7.33. The Hall–Kier alpha value is -2.58. The molecule has 0 saturated carbocycles. The molecule has 0 saturated heterocycles. The van der Waals surface area contributed by atoms with Crippen LogP contribution >= 0.6 is 11.8 Å². The molecule has 0 atom stereocenters. The van der Waals surface area contributed by atoms with Gasteiger partial charge in [-0.15, -0.1) is 16.1 Å². The molecule has 0 aliphatic heterocycles. The number of rotatable bonds is 4. The third-order valence-corrected chi connectivity index (χ3v) is 4.58. The Bertz CT molecular complexity index is 904. The largest absolute Gasteiger partial charge is 0.270 e. The third kappa shape index (κ3) is 3.34. The van der Waals surface area contributed by atoms with Crippen molar-refractivity contribution in [3.63, 3.8) is 0 Å². The molecule has 2 heterocycles. The summed E-state index contributed by atoms with van der Waals surface area (Å²) >= 11 is 1.59. The fourth-order valence-electron chi connectivity index (χ4n) is 2.32. The van der Waals surface area contributed by atoms with Gasteiger partial charge in [-0.25, -0.2) is 0 Å². The molecular formula is C19H18N4S. The lowest BCUT2D eigenvalue weighted by Crippen LogP contribution is -2.01. The topological polar surface area (TPSA) is 43.6 Å². The van der Waals surface area contributed by atoms with Crippen molar-refractivity contribution < 1.29 is 0 Å². The second-order valence-corrected chi connectivity index (χ2v) is 6.30. The lowest BCUT2D eigenvalue weighted by molar-refractivity contribution is 0.886. The smallest absolute Gasteiger partial charge is 0.197 e. The fraction of sp³-hybridized carbons (Fsp3) is 0.211. The van der Waals surface area contributed by atoms with E-state index in [0.717, 1.165) is 22.2 Å². The summed E-state index contributed by atoms with van der Waals surface area (Å²) in [6.45, 7) is 6.07. The molecule has 2 aromatic heterocycles. The number of nitrogens with zero attached hydrogens (tertiary/aromatic N) is 4. The molecule has 1 aromatic carbocycles. The van der Waals surface area contributed by atoms with Crippen LogP contribution in [-0.2, 0) is 0 Å². The summed E-state index contributed by atoms with van der Waals surface area (Å²) < 4.78 is 2.09. The zero-order valence-corrected chi connectivity index (χ0v) is 14.8. The molecule has 0 aliphatic rings. The number of hydrogen-bond acceptors (Lipinski definition) is 4.